The van der Waals surface area contributed by atoms with Crippen LogP contribution in [0.4, 0.5) is 0 Å². The van der Waals surface area contributed by atoms with Crippen LogP contribution in [0.5, 0.6) is 0 Å². The van der Waals surface area contributed by atoms with Gasteiger partial charge in [-0.2, -0.15) is 5.26 Å². The Morgan fingerprint density at radius 2 is 2.11 bits per heavy atom. The molecule has 6 nitrogen and oxygen atoms in total. The summed E-state index contributed by atoms with van der Waals surface area (Å²) in [6.07, 6.45) is 5.71. The van der Waals surface area contributed by atoms with E-state index < -0.39 is 0 Å². The molecule has 6 heteroatoms. The normalized spacial score (nSPS) is 15.7. The smallest absolute Gasteiger partial charge is 0.307 e. The Labute approximate surface area is 112 Å². The summed E-state index contributed by atoms with van der Waals surface area (Å²) in [5.74, 6) is -0.699. The van der Waals surface area contributed by atoms with Crippen LogP contribution in [-0.2, 0) is 14.3 Å². The maximum atomic E-state index is 11.8. The van der Waals surface area contributed by atoms with Crippen LogP contribution in [0.25, 0.3) is 0 Å². The summed E-state index contributed by atoms with van der Waals surface area (Å²) in [7, 11) is 1.31. The highest BCUT2D eigenvalue weighted by Gasteiger charge is 2.19. The molecule has 0 bridgehead atoms. The zero-order chi connectivity index (χ0) is 14.1. The molecule has 19 heavy (non-hydrogen) atoms. The number of rotatable bonds is 6. The van der Waals surface area contributed by atoms with E-state index in [1.165, 1.54) is 13.3 Å². The number of hydrogen-bond acceptors (Lipinski definition) is 5. The van der Waals surface area contributed by atoms with E-state index in [4.69, 9.17) is 5.26 Å². The van der Waals surface area contributed by atoms with Crippen LogP contribution in [0.3, 0.4) is 0 Å². The molecule has 1 fully saturated rings. The number of nitrogens with zero attached hydrogens (tertiary/aromatic N) is 1. The Bertz CT molecular complexity index is 392. The van der Waals surface area contributed by atoms with Crippen LogP contribution in [0.1, 0.15) is 32.1 Å². The minimum atomic E-state index is -0.361. The molecule has 0 atom stereocenters. The minimum absolute atomic E-state index is 0.0248. The Balaban J connectivity index is 2.36. The van der Waals surface area contributed by atoms with Gasteiger partial charge < -0.3 is 15.4 Å². The molecule has 0 aromatic rings. The second-order valence-corrected chi connectivity index (χ2v) is 4.40. The molecular formula is C13H19N3O3. The molecular weight excluding hydrogens is 246 g/mol. The van der Waals surface area contributed by atoms with E-state index in [0.717, 1.165) is 25.7 Å². The van der Waals surface area contributed by atoms with Crippen molar-refractivity contribution in [2.75, 3.05) is 13.7 Å². The molecule has 0 unspecified atom stereocenters. The lowest BCUT2D eigenvalue weighted by atomic mass is 10.2. The molecule has 0 aromatic carbocycles. The molecule has 1 amide bonds. The van der Waals surface area contributed by atoms with Crippen LogP contribution in [0, 0.1) is 11.3 Å². The van der Waals surface area contributed by atoms with Crippen LogP contribution in [-0.4, -0.2) is 31.6 Å². The predicted molar refractivity (Wildman–Crippen MR) is 68.7 cm³/mol. The zero-order valence-electron chi connectivity index (χ0n) is 11.1. The van der Waals surface area contributed by atoms with Gasteiger partial charge in [0.2, 0.25) is 0 Å². The highest BCUT2D eigenvalue weighted by molar-refractivity contribution is 5.97. The second-order valence-electron chi connectivity index (χ2n) is 4.40. The molecule has 0 saturated heterocycles. The maximum Gasteiger partial charge on any atom is 0.307 e. The summed E-state index contributed by atoms with van der Waals surface area (Å²) in [5.41, 5.74) is 0.0248. The molecule has 1 aliphatic rings. The lowest BCUT2D eigenvalue weighted by molar-refractivity contribution is -0.140. The fourth-order valence-corrected chi connectivity index (χ4v) is 1.93. The number of carbonyl (C=O) groups is 2. The quantitative estimate of drug-likeness (QED) is 0.318. The molecule has 1 saturated carbocycles. The largest absolute Gasteiger partial charge is 0.469 e. The summed E-state index contributed by atoms with van der Waals surface area (Å²) >= 11 is 0. The van der Waals surface area contributed by atoms with E-state index in [0.29, 0.717) is 6.54 Å². The summed E-state index contributed by atoms with van der Waals surface area (Å²) in [6, 6.07) is 2.03. The third kappa shape index (κ3) is 5.42. The SMILES string of the molecule is COC(=O)CCN/C=C(/C#N)C(=O)NC1CCCC1. The zero-order valence-corrected chi connectivity index (χ0v) is 11.1. The van der Waals surface area contributed by atoms with Crippen molar-refractivity contribution in [1.29, 1.82) is 5.26 Å². The Hall–Kier alpha value is -2.03. The Kier molecular flexibility index (Phi) is 6.44. The monoisotopic (exact) mass is 265 g/mol. The second kappa shape index (κ2) is 8.14. The lowest BCUT2D eigenvalue weighted by Gasteiger charge is -2.11. The van der Waals surface area contributed by atoms with Crippen molar-refractivity contribution in [1.82, 2.24) is 10.6 Å². The number of amides is 1. The van der Waals surface area contributed by atoms with Crippen molar-refractivity contribution in [3.05, 3.63) is 11.8 Å². The van der Waals surface area contributed by atoms with Crippen molar-refractivity contribution in [2.45, 2.75) is 38.1 Å². The summed E-state index contributed by atoms with van der Waals surface area (Å²) in [6.45, 7) is 0.328. The van der Waals surface area contributed by atoms with Gasteiger partial charge in [0, 0.05) is 18.8 Å². The van der Waals surface area contributed by atoms with E-state index in [1.807, 2.05) is 6.07 Å². The highest BCUT2D eigenvalue weighted by Crippen LogP contribution is 2.17. The highest BCUT2D eigenvalue weighted by atomic mass is 16.5. The molecule has 0 radical (unpaired) electrons. The van der Waals surface area contributed by atoms with Crippen LogP contribution in [0.15, 0.2) is 11.8 Å². The van der Waals surface area contributed by atoms with Gasteiger partial charge in [0.1, 0.15) is 11.6 Å². The first-order valence-corrected chi connectivity index (χ1v) is 6.38. The number of carbonyl (C=O) groups excluding carboxylic acids is 2. The van der Waals surface area contributed by atoms with Crippen molar-refractivity contribution in [2.24, 2.45) is 0 Å². The van der Waals surface area contributed by atoms with Gasteiger partial charge in [0.05, 0.1) is 13.5 Å². The maximum absolute atomic E-state index is 11.8. The third-order valence-corrected chi connectivity index (χ3v) is 3.00. The Morgan fingerprint density at radius 1 is 1.42 bits per heavy atom. The van der Waals surface area contributed by atoms with Gasteiger partial charge in [-0.25, -0.2) is 0 Å². The van der Waals surface area contributed by atoms with Gasteiger partial charge in [-0.05, 0) is 12.8 Å². The van der Waals surface area contributed by atoms with Crippen molar-refractivity contribution in [3.8, 4) is 6.07 Å². The predicted octanol–water partition coefficient (Wildman–Crippen LogP) is 0.605. The van der Waals surface area contributed by atoms with Gasteiger partial charge >= 0.3 is 5.97 Å². The number of esters is 1. The number of ether oxygens (including phenoxy) is 1. The first-order chi connectivity index (χ1) is 9.17. The molecule has 104 valence electrons. The lowest BCUT2D eigenvalue weighted by Crippen LogP contribution is -2.34. The molecule has 2 N–H and O–H groups in total. The van der Waals surface area contributed by atoms with Crippen molar-refractivity contribution < 1.29 is 14.3 Å². The minimum Gasteiger partial charge on any atom is -0.469 e. The number of methoxy groups -OCH3 is 1. The van der Waals surface area contributed by atoms with Gasteiger partial charge in [0.15, 0.2) is 0 Å². The van der Waals surface area contributed by atoms with Crippen LogP contribution >= 0.6 is 0 Å². The molecule has 0 spiro atoms. The van der Waals surface area contributed by atoms with E-state index >= 15 is 0 Å². The molecule has 1 aliphatic carbocycles. The fraction of sp³-hybridized carbons (Fsp3) is 0.615. The number of nitrogens with one attached hydrogen (secondary N) is 2. The standard InChI is InChI=1S/C13H19N3O3/c1-19-12(17)6-7-15-9-10(8-14)13(18)16-11-4-2-3-5-11/h9,11,15H,2-7H2,1H3,(H,16,18)/b10-9-. The van der Waals surface area contributed by atoms with E-state index in [2.05, 4.69) is 15.4 Å². The van der Waals surface area contributed by atoms with E-state index in [9.17, 15) is 9.59 Å². The Morgan fingerprint density at radius 3 is 2.68 bits per heavy atom. The number of nitriles is 1. The molecule has 0 aliphatic heterocycles. The molecule has 0 aromatic heterocycles. The molecule has 0 heterocycles. The summed E-state index contributed by atoms with van der Waals surface area (Å²) < 4.78 is 4.48. The first kappa shape index (κ1) is 15.0. The van der Waals surface area contributed by atoms with E-state index in [-0.39, 0.29) is 29.9 Å². The summed E-state index contributed by atoms with van der Waals surface area (Å²) in [5, 5.41) is 14.5. The first-order valence-electron chi connectivity index (χ1n) is 6.38. The van der Waals surface area contributed by atoms with Crippen molar-refractivity contribution >= 4 is 11.9 Å². The molecule has 1 rings (SSSR count). The van der Waals surface area contributed by atoms with E-state index in [1.54, 1.807) is 0 Å². The van der Waals surface area contributed by atoms with Gasteiger partial charge in [-0.1, -0.05) is 12.8 Å². The van der Waals surface area contributed by atoms with Crippen molar-refractivity contribution in [3.63, 3.8) is 0 Å². The number of hydrogen-bond donors (Lipinski definition) is 2. The topological polar surface area (TPSA) is 91.2 Å². The van der Waals surface area contributed by atoms with Crippen LogP contribution < -0.4 is 10.6 Å². The van der Waals surface area contributed by atoms with Crippen LogP contribution in [0.2, 0.25) is 0 Å². The van der Waals surface area contributed by atoms with Gasteiger partial charge in [-0.3, -0.25) is 9.59 Å². The van der Waals surface area contributed by atoms with Gasteiger partial charge in [0.25, 0.3) is 5.91 Å². The average molecular weight is 265 g/mol. The average Bonchev–Trinajstić information content (AvgIpc) is 2.91. The van der Waals surface area contributed by atoms with Gasteiger partial charge in [-0.15, -0.1) is 0 Å². The third-order valence-electron chi connectivity index (χ3n) is 3.00. The fourth-order valence-electron chi connectivity index (χ4n) is 1.93. The summed E-state index contributed by atoms with van der Waals surface area (Å²) in [4.78, 5) is 22.6.